The van der Waals surface area contributed by atoms with Gasteiger partial charge in [0.2, 0.25) is 0 Å². The van der Waals surface area contributed by atoms with Gasteiger partial charge in [0.25, 0.3) is 0 Å². The van der Waals surface area contributed by atoms with Crippen molar-refractivity contribution < 1.29 is 4.74 Å². The summed E-state index contributed by atoms with van der Waals surface area (Å²) >= 11 is 0. The van der Waals surface area contributed by atoms with E-state index in [4.69, 9.17) is 4.74 Å². The number of hydrogen-bond donors (Lipinski definition) is 1. The van der Waals surface area contributed by atoms with Crippen LogP contribution in [0.5, 0.6) is 0 Å². The summed E-state index contributed by atoms with van der Waals surface area (Å²) in [5.41, 5.74) is 3.20. The van der Waals surface area contributed by atoms with Crippen molar-refractivity contribution in [3.05, 3.63) is 66.0 Å². The Balaban J connectivity index is 1.41. The molecule has 0 radical (unpaired) electrons. The Hall–Kier alpha value is -2.57. The number of aryl methyl sites for hydroxylation is 1. The number of morpholine rings is 1. The number of aromatic nitrogens is 4. The van der Waals surface area contributed by atoms with Gasteiger partial charge in [0.05, 0.1) is 6.61 Å². The fourth-order valence-electron chi connectivity index (χ4n) is 3.04. The highest BCUT2D eigenvalue weighted by Crippen LogP contribution is 2.21. The minimum atomic E-state index is -0.00744. The van der Waals surface area contributed by atoms with Crippen molar-refractivity contribution in [1.29, 1.82) is 0 Å². The van der Waals surface area contributed by atoms with Crippen LogP contribution in [0.25, 0.3) is 11.4 Å². The van der Waals surface area contributed by atoms with Gasteiger partial charge in [-0.3, -0.25) is 4.90 Å². The lowest BCUT2D eigenvalue weighted by atomic mass is 10.2. The van der Waals surface area contributed by atoms with Crippen LogP contribution in [-0.4, -0.2) is 44.5 Å². The Morgan fingerprint density at radius 1 is 1.12 bits per heavy atom. The SMILES string of the molecule is Cc1cnc(C2CN(Cc3cnc(-c4ccccc4)nc3)CCO2)[nH]1. The molecule has 1 unspecified atom stereocenters. The summed E-state index contributed by atoms with van der Waals surface area (Å²) in [5, 5.41) is 0. The Morgan fingerprint density at radius 2 is 1.92 bits per heavy atom. The molecule has 6 heteroatoms. The smallest absolute Gasteiger partial charge is 0.159 e. The molecule has 1 N–H and O–H groups in total. The lowest BCUT2D eigenvalue weighted by molar-refractivity contribution is -0.0369. The van der Waals surface area contributed by atoms with Crippen LogP contribution in [0.3, 0.4) is 0 Å². The molecule has 0 bridgehead atoms. The van der Waals surface area contributed by atoms with Gasteiger partial charge in [-0.05, 0) is 6.92 Å². The fourth-order valence-corrected chi connectivity index (χ4v) is 3.04. The van der Waals surface area contributed by atoms with Gasteiger partial charge in [-0.25, -0.2) is 15.0 Å². The molecule has 0 spiro atoms. The largest absolute Gasteiger partial charge is 0.368 e. The molecule has 0 amide bonds. The molecule has 1 saturated heterocycles. The Bertz CT molecular complexity index is 815. The minimum Gasteiger partial charge on any atom is -0.368 e. The maximum absolute atomic E-state index is 5.86. The van der Waals surface area contributed by atoms with E-state index < -0.39 is 0 Å². The van der Waals surface area contributed by atoms with Crippen molar-refractivity contribution in [3.63, 3.8) is 0 Å². The van der Waals surface area contributed by atoms with Gasteiger partial charge >= 0.3 is 0 Å². The van der Waals surface area contributed by atoms with Crippen LogP contribution in [0.1, 0.15) is 23.2 Å². The van der Waals surface area contributed by atoms with Crippen molar-refractivity contribution in [1.82, 2.24) is 24.8 Å². The van der Waals surface area contributed by atoms with E-state index in [0.717, 1.165) is 48.1 Å². The van der Waals surface area contributed by atoms with Crippen LogP contribution in [0.4, 0.5) is 0 Å². The number of ether oxygens (including phenoxy) is 1. The van der Waals surface area contributed by atoms with E-state index in [1.807, 2.05) is 55.8 Å². The molecular formula is C19H21N5O. The molecule has 2 aromatic heterocycles. The van der Waals surface area contributed by atoms with Gasteiger partial charge < -0.3 is 9.72 Å². The quantitative estimate of drug-likeness (QED) is 0.794. The molecule has 6 nitrogen and oxygen atoms in total. The molecule has 128 valence electrons. The first-order valence-electron chi connectivity index (χ1n) is 8.50. The molecule has 1 aliphatic rings. The molecule has 1 atom stereocenters. The van der Waals surface area contributed by atoms with Gasteiger partial charge in [0.15, 0.2) is 5.82 Å². The van der Waals surface area contributed by atoms with E-state index in [-0.39, 0.29) is 6.10 Å². The first kappa shape index (κ1) is 15.9. The highest BCUT2D eigenvalue weighted by atomic mass is 16.5. The van der Waals surface area contributed by atoms with Crippen LogP contribution in [0.15, 0.2) is 48.9 Å². The lowest BCUT2D eigenvalue weighted by Gasteiger charge is -2.31. The number of nitrogens with zero attached hydrogens (tertiary/aromatic N) is 4. The lowest BCUT2D eigenvalue weighted by Crippen LogP contribution is -2.38. The second-order valence-electron chi connectivity index (χ2n) is 6.33. The van der Waals surface area contributed by atoms with Crippen molar-refractivity contribution >= 4 is 0 Å². The van der Waals surface area contributed by atoms with Crippen molar-refractivity contribution in [2.45, 2.75) is 19.6 Å². The number of hydrogen-bond acceptors (Lipinski definition) is 5. The van der Waals surface area contributed by atoms with E-state index in [1.54, 1.807) is 0 Å². The van der Waals surface area contributed by atoms with Gasteiger partial charge in [0, 0.05) is 55.0 Å². The van der Waals surface area contributed by atoms with Gasteiger partial charge in [-0.1, -0.05) is 30.3 Å². The van der Waals surface area contributed by atoms with Crippen LogP contribution in [0, 0.1) is 6.92 Å². The highest BCUT2D eigenvalue weighted by Gasteiger charge is 2.24. The molecule has 0 aliphatic carbocycles. The Morgan fingerprint density at radius 3 is 2.64 bits per heavy atom. The zero-order chi connectivity index (χ0) is 17.1. The summed E-state index contributed by atoms with van der Waals surface area (Å²) in [6.07, 6.45) is 5.66. The number of rotatable bonds is 4. The summed E-state index contributed by atoms with van der Waals surface area (Å²) in [7, 11) is 0. The van der Waals surface area contributed by atoms with Gasteiger partial charge in [-0.15, -0.1) is 0 Å². The third-order valence-corrected chi connectivity index (χ3v) is 4.32. The normalized spacial score (nSPS) is 18.4. The molecule has 4 rings (SSSR count). The molecule has 1 aliphatic heterocycles. The molecule has 3 aromatic rings. The van der Waals surface area contributed by atoms with E-state index >= 15 is 0 Å². The molecular weight excluding hydrogens is 314 g/mol. The monoisotopic (exact) mass is 335 g/mol. The number of benzene rings is 1. The van der Waals surface area contributed by atoms with Crippen LogP contribution in [0.2, 0.25) is 0 Å². The third-order valence-electron chi connectivity index (χ3n) is 4.32. The van der Waals surface area contributed by atoms with E-state index in [2.05, 4.69) is 24.8 Å². The summed E-state index contributed by atoms with van der Waals surface area (Å²) in [6.45, 7) is 5.23. The molecule has 25 heavy (non-hydrogen) atoms. The van der Waals surface area contributed by atoms with Gasteiger partial charge in [-0.2, -0.15) is 0 Å². The molecule has 1 aromatic carbocycles. The second kappa shape index (κ2) is 7.13. The molecule has 3 heterocycles. The molecule has 1 fully saturated rings. The van der Waals surface area contributed by atoms with Crippen LogP contribution >= 0.6 is 0 Å². The average Bonchev–Trinajstić information content (AvgIpc) is 3.10. The van der Waals surface area contributed by atoms with E-state index in [1.165, 1.54) is 0 Å². The minimum absolute atomic E-state index is 0.00744. The average molecular weight is 335 g/mol. The predicted molar refractivity (Wildman–Crippen MR) is 94.8 cm³/mol. The number of nitrogens with one attached hydrogen (secondary N) is 1. The first-order chi connectivity index (χ1) is 12.3. The predicted octanol–water partition coefficient (Wildman–Crippen LogP) is 2.75. The summed E-state index contributed by atoms with van der Waals surface area (Å²) < 4.78 is 5.86. The van der Waals surface area contributed by atoms with Gasteiger partial charge in [0.1, 0.15) is 11.9 Å². The van der Waals surface area contributed by atoms with Crippen molar-refractivity contribution in [3.8, 4) is 11.4 Å². The van der Waals surface area contributed by atoms with Crippen molar-refractivity contribution in [2.24, 2.45) is 0 Å². The summed E-state index contributed by atoms with van der Waals surface area (Å²) in [6, 6.07) is 10.0. The van der Waals surface area contributed by atoms with E-state index in [0.29, 0.717) is 6.61 Å². The van der Waals surface area contributed by atoms with E-state index in [9.17, 15) is 0 Å². The first-order valence-corrected chi connectivity index (χ1v) is 8.50. The van der Waals surface area contributed by atoms with Crippen LogP contribution in [-0.2, 0) is 11.3 Å². The number of imidazole rings is 1. The zero-order valence-electron chi connectivity index (χ0n) is 14.2. The maximum Gasteiger partial charge on any atom is 0.159 e. The fraction of sp³-hybridized carbons (Fsp3) is 0.316. The number of aromatic amines is 1. The molecule has 0 saturated carbocycles. The zero-order valence-corrected chi connectivity index (χ0v) is 14.2. The third kappa shape index (κ3) is 3.75. The Labute approximate surface area is 146 Å². The Kier molecular flexibility index (Phi) is 4.54. The maximum atomic E-state index is 5.86. The summed E-state index contributed by atoms with van der Waals surface area (Å²) in [5.74, 6) is 1.66. The second-order valence-corrected chi connectivity index (χ2v) is 6.33. The highest BCUT2D eigenvalue weighted by molar-refractivity contribution is 5.53. The summed E-state index contributed by atoms with van der Waals surface area (Å²) in [4.78, 5) is 19.0. The topological polar surface area (TPSA) is 66.9 Å². The number of H-pyrrole nitrogens is 1. The van der Waals surface area contributed by atoms with Crippen molar-refractivity contribution in [2.75, 3.05) is 19.7 Å². The standard InChI is InChI=1S/C19H21N5O/c1-14-9-20-19(23-14)17-13-24(7-8-25-17)12-15-10-21-18(22-11-15)16-5-3-2-4-6-16/h2-6,9-11,17H,7-8,12-13H2,1H3,(H,20,23). The van der Waals surface area contributed by atoms with Crippen LogP contribution < -0.4 is 0 Å².